The maximum atomic E-state index is 5.66. The molecule has 0 amide bonds. The quantitative estimate of drug-likeness (QED) is 0.253. The standard InChI is InChI=1S/C13H28O5Si/c1-14-8-9-15-6-4-7-18-19-10-3-2-5-16-11-13-12-17-13/h13H,2-12,19H2,1H3. The first-order chi connectivity index (χ1) is 9.43. The number of unbranched alkanes of at least 4 members (excludes halogenated alkanes) is 1. The van der Waals surface area contributed by atoms with Crippen molar-refractivity contribution in [2.45, 2.75) is 31.4 Å². The van der Waals surface area contributed by atoms with E-state index < -0.39 is 0 Å². The Morgan fingerprint density at radius 2 is 1.84 bits per heavy atom. The first-order valence-corrected chi connectivity index (χ1v) is 8.85. The number of hydrogen-bond donors (Lipinski definition) is 0. The fraction of sp³-hybridized carbons (Fsp3) is 1.00. The summed E-state index contributed by atoms with van der Waals surface area (Å²) in [5.74, 6) is 0. The summed E-state index contributed by atoms with van der Waals surface area (Å²) in [6.45, 7) is 5.49. The molecule has 6 heteroatoms. The summed E-state index contributed by atoms with van der Waals surface area (Å²) >= 11 is 0. The van der Waals surface area contributed by atoms with Crippen LogP contribution in [0.3, 0.4) is 0 Å². The van der Waals surface area contributed by atoms with Gasteiger partial charge in [0.15, 0.2) is 9.76 Å². The minimum absolute atomic E-state index is 0.331. The van der Waals surface area contributed by atoms with E-state index in [0.29, 0.717) is 19.3 Å². The van der Waals surface area contributed by atoms with Gasteiger partial charge in [0.25, 0.3) is 0 Å². The maximum Gasteiger partial charge on any atom is 0.161 e. The summed E-state index contributed by atoms with van der Waals surface area (Å²) in [6.07, 6.45) is 3.75. The Bertz CT molecular complexity index is 190. The highest BCUT2D eigenvalue weighted by atomic mass is 28.2. The lowest BCUT2D eigenvalue weighted by molar-refractivity contribution is 0.0646. The van der Waals surface area contributed by atoms with Crippen LogP contribution in [0.1, 0.15) is 19.3 Å². The van der Waals surface area contributed by atoms with E-state index in [0.717, 1.165) is 45.9 Å². The Morgan fingerprint density at radius 1 is 1.00 bits per heavy atom. The van der Waals surface area contributed by atoms with Gasteiger partial charge in [-0.15, -0.1) is 0 Å². The molecule has 114 valence electrons. The molecule has 0 aromatic rings. The first kappa shape index (κ1) is 17.1. The molecule has 1 heterocycles. The third kappa shape index (κ3) is 12.8. The highest BCUT2D eigenvalue weighted by Gasteiger charge is 2.21. The molecule has 1 saturated heterocycles. The van der Waals surface area contributed by atoms with Gasteiger partial charge >= 0.3 is 0 Å². The molecular formula is C13H28O5Si. The second-order valence-electron chi connectivity index (χ2n) is 4.66. The molecule has 1 unspecified atom stereocenters. The van der Waals surface area contributed by atoms with E-state index >= 15 is 0 Å². The van der Waals surface area contributed by atoms with E-state index in [-0.39, 0.29) is 9.76 Å². The summed E-state index contributed by atoms with van der Waals surface area (Å²) in [4.78, 5) is 0. The van der Waals surface area contributed by atoms with E-state index in [2.05, 4.69) is 0 Å². The van der Waals surface area contributed by atoms with Gasteiger partial charge in [0, 0.05) is 26.9 Å². The fourth-order valence-electron chi connectivity index (χ4n) is 1.57. The largest absolute Gasteiger partial charge is 0.424 e. The minimum Gasteiger partial charge on any atom is -0.424 e. The third-order valence-corrected chi connectivity index (χ3v) is 4.16. The normalized spacial score (nSPS) is 18.5. The van der Waals surface area contributed by atoms with E-state index in [1.807, 2.05) is 0 Å². The lowest BCUT2D eigenvalue weighted by Gasteiger charge is -2.05. The number of rotatable bonds is 15. The summed E-state index contributed by atoms with van der Waals surface area (Å²) in [5, 5.41) is 0. The van der Waals surface area contributed by atoms with E-state index in [1.54, 1.807) is 7.11 Å². The van der Waals surface area contributed by atoms with Crippen LogP contribution in [0.5, 0.6) is 0 Å². The average Bonchev–Trinajstić information content (AvgIpc) is 3.23. The van der Waals surface area contributed by atoms with Crippen LogP contribution in [0.15, 0.2) is 0 Å². The predicted molar refractivity (Wildman–Crippen MR) is 76.4 cm³/mol. The van der Waals surface area contributed by atoms with Crippen LogP contribution in [0.2, 0.25) is 6.04 Å². The Hall–Kier alpha value is 0.0169. The zero-order valence-electron chi connectivity index (χ0n) is 12.1. The van der Waals surface area contributed by atoms with Crippen LogP contribution < -0.4 is 0 Å². The van der Waals surface area contributed by atoms with Gasteiger partial charge in [-0.25, -0.2) is 0 Å². The molecule has 1 atom stereocenters. The Kier molecular flexibility index (Phi) is 11.7. The summed E-state index contributed by atoms with van der Waals surface area (Å²) in [7, 11) is 1.35. The van der Waals surface area contributed by atoms with Crippen LogP contribution in [-0.2, 0) is 23.4 Å². The summed E-state index contributed by atoms with van der Waals surface area (Å²) in [5.41, 5.74) is 0. The van der Waals surface area contributed by atoms with Crippen LogP contribution in [0.25, 0.3) is 0 Å². The van der Waals surface area contributed by atoms with Crippen molar-refractivity contribution in [3.63, 3.8) is 0 Å². The molecule has 0 N–H and O–H groups in total. The van der Waals surface area contributed by atoms with Crippen molar-refractivity contribution in [3.8, 4) is 0 Å². The Morgan fingerprint density at radius 3 is 2.63 bits per heavy atom. The van der Waals surface area contributed by atoms with Crippen molar-refractivity contribution in [1.82, 2.24) is 0 Å². The smallest absolute Gasteiger partial charge is 0.161 e. The zero-order chi connectivity index (χ0) is 13.6. The van der Waals surface area contributed by atoms with Crippen LogP contribution >= 0.6 is 0 Å². The molecule has 5 nitrogen and oxygen atoms in total. The minimum atomic E-state index is -0.331. The second-order valence-corrected chi connectivity index (χ2v) is 6.19. The number of ether oxygens (including phenoxy) is 4. The molecule has 1 aliphatic rings. The van der Waals surface area contributed by atoms with Gasteiger partial charge in [0.2, 0.25) is 0 Å². The molecule has 19 heavy (non-hydrogen) atoms. The van der Waals surface area contributed by atoms with Crippen molar-refractivity contribution in [1.29, 1.82) is 0 Å². The van der Waals surface area contributed by atoms with Crippen molar-refractivity contribution in [3.05, 3.63) is 0 Å². The lowest BCUT2D eigenvalue weighted by atomic mass is 10.3. The number of hydrogen-bond acceptors (Lipinski definition) is 5. The molecule has 0 radical (unpaired) electrons. The molecule has 1 fully saturated rings. The Labute approximate surface area is 118 Å². The van der Waals surface area contributed by atoms with Gasteiger partial charge in [-0.3, -0.25) is 0 Å². The van der Waals surface area contributed by atoms with Crippen molar-refractivity contribution in [2.24, 2.45) is 0 Å². The van der Waals surface area contributed by atoms with Crippen LogP contribution in [0.4, 0.5) is 0 Å². The molecule has 0 aliphatic carbocycles. The van der Waals surface area contributed by atoms with Gasteiger partial charge in [-0.05, 0) is 18.9 Å². The van der Waals surface area contributed by atoms with Gasteiger partial charge in [-0.1, -0.05) is 6.42 Å². The number of epoxide rings is 1. The third-order valence-electron chi connectivity index (χ3n) is 2.79. The molecule has 1 rings (SSSR count). The highest BCUT2D eigenvalue weighted by Crippen LogP contribution is 2.08. The van der Waals surface area contributed by atoms with Gasteiger partial charge < -0.3 is 23.4 Å². The van der Waals surface area contributed by atoms with Gasteiger partial charge in [0.1, 0.15) is 6.10 Å². The molecule has 0 aromatic heterocycles. The maximum absolute atomic E-state index is 5.66. The SMILES string of the molecule is COCCOCCCO[SiH2]CCCCOCC1CO1. The summed E-state index contributed by atoms with van der Waals surface area (Å²) in [6, 6.07) is 1.24. The van der Waals surface area contributed by atoms with Crippen LogP contribution in [0, 0.1) is 0 Å². The van der Waals surface area contributed by atoms with Gasteiger partial charge in [0.05, 0.1) is 26.4 Å². The van der Waals surface area contributed by atoms with E-state index in [1.165, 1.54) is 12.5 Å². The highest BCUT2D eigenvalue weighted by molar-refractivity contribution is 6.26. The molecular weight excluding hydrogens is 264 g/mol. The predicted octanol–water partition coefficient (Wildman–Crippen LogP) is 0.754. The first-order valence-electron chi connectivity index (χ1n) is 7.27. The monoisotopic (exact) mass is 292 g/mol. The van der Waals surface area contributed by atoms with Crippen molar-refractivity contribution in [2.75, 3.05) is 53.4 Å². The van der Waals surface area contributed by atoms with E-state index in [4.69, 9.17) is 23.4 Å². The van der Waals surface area contributed by atoms with Crippen molar-refractivity contribution >= 4 is 9.76 Å². The van der Waals surface area contributed by atoms with Crippen molar-refractivity contribution < 1.29 is 23.4 Å². The Balaban J connectivity index is 1.60. The molecule has 0 saturated carbocycles. The van der Waals surface area contributed by atoms with Gasteiger partial charge in [-0.2, -0.15) is 0 Å². The molecule has 0 spiro atoms. The summed E-state index contributed by atoms with van der Waals surface area (Å²) < 4.78 is 26.4. The molecule has 0 aromatic carbocycles. The lowest BCUT2D eigenvalue weighted by Crippen LogP contribution is -2.07. The second kappa shape index (κ2) is 13.0. The molecule has 0 bridgehead atoms. The molecule has 1 aliphatic heterocycles. The average molecular weight is 292 g/mol. The van der Waals surface area contributed by atoms with E-state index in [9.17, 15) is 0 Å². The van der Waals surface area contributed by atoms with Crippen LogP contribution in [-0.4, -0.2) is 69.2 Å². The zero-order valence-corrected chi connectivity index (χ0v) is 13.5. The number of methoxy groups -OCH3 is 1. The topological polar surface area (TPSA) is 49.5 Å². The fourth-order valence-corrected chi connectivity index (χ4v) is 2.74.